The molecule has 0 spiro atoms. The van der Waals surface area contributed by atoms with Gasteiger partial charge in [0.15, 0.2) is 0 Å². The molecule has 0 fully saturated rings. The highest BCUT2D eigenvalue weighted by molar-refractivity contribution is 7.48. The molecule has 0 aliphatic carbocycles. The molecule has 23 heavy (non-hydrogen) atoms. The molecule has 134 valence electrons. The fraction of sp³-hybridized carbons (Fsp3) is 0.667. The van der Waals surface area contributed by atoms with Gasteiger partial charge >= 0.3 is 7.82 Å². The van der Waals surface area contributed by atoms with Gasteiger partial charge in [0.25, 0.3) is 0 Å². The Morgan fingerprint density at radius 2 is 1.00 bits per heavy atom. The van der Waals surface area contributed by atoms with Gasteiger partial charge in [0, 0.05) is 0 Å². The number of phosphoric acid groups is 1. The van der Waals surface area contributed by atoms with Crippen LogP contribution in [0.4, 0.5) is 0 Å². The maximum absolute atomic E-state index is 13.2. The van der Waals surface area contributed by atoms with Crippen LogP contribution in [-0.4, -0.2) is 18.3 Å². The van der Waals surface area contributed by atoms with Crippen molar-refractivity contribution in [2.45, 2.75) is 77.6 Å². The van der Waals surface area contributed by atoms with E-state index in [1.165, 1.54) is 0 Å². The van der Waals surface area contributed by atoms with Crippen molar-refractivity contribution in [3.63, 3.8) is 0 Å². The Bertz CT molecular complexity index is 337. The average molecular weight is 344 g/mol. The summed E-state index contributed by atoms with van der Waals surface area (Å²) in [7, 11) is -3.67. The van der Waals surface area contributed by atoms with Crippen molar-refractivity contribution in [3.8, 4) is 0 Å². The van der Waals surface area contributed by atoms with E-state index in [1.807, 2.05) is 20.8 Å². The second-order valence-electron chi connectivity index (χ2n) is 5.43. The van der Waals surface area contributed by atoms with Crippen molar-refractivity contribution in [2.24, 2.45) is 0 Å². The zero-order valence-electron chi connectivity index (χ0n) is 14.9. The molecule has 0 amide bonds. The molecule has 0 aliphatic rings. The van der Waals surface area contributed by atoms with Gasteiger partial charge in [-0.25, -0.2) is 4.57 Å². The lowest BCUT2D eigenvalue weighted by molar-refractivity contribution is 0.0299. The minimum absolute atomic E-state index is 0.235. The van der Waals surface area contributed by atoms with Gasteiger partial charge in [0.1, 0.15) is 0 Å². The third-order valence-corrected chi connectivity index (χ3v) is 5.16. The van der Waals surface area contributed by atoms with Crippen LogP contribution < -0.4 is 0 Å². The Hall–Kier alpha value is -0.670. The van der Waals surface area contributed by atoms with E-state index >= 15 is 0 Å². The minimum Gasteiger partial charge on any atom is -0.283 e. The molecule has 0 aliphatic heterocycles. The van der Waals surface area contributed by atoms with Crippen LogP contribution in [0.2, 0.25) is 0 Å². The van der Waals surface area contributed by atoms with Crippen molar-refractivity contribution < 1.29 is 18.1 Å². The van der Waals surface area contributed by atoms with Gasteiger partial charge in [-0.1, -0.05) is 39.0 Å². The van der Waals surface area contributed by atoms with Crippen LogP contribution in [0.3, 0.4) is 0 Å². The fourth-order valence-corrected chi connectivity index (χ4v) is 3.98. The maximum atomic E-state index is 13.2. The van der Waals surface area contributed by atoms with Crippen LogP contribution in [0.1, 0.15) is 59.3 Å². The standard InChI is InChI=1S/C18H33O4P/c1-7-13-16(10-4)20-23(19,21-17(11-5)14-8-2)22-18(12-6)15-9-3/h7-9,16-18H,1-3,10-15H2,4-6H3. The van der Waals surface area contributed by atoms with Gasteiger partial charge in [0.2, 0.25) is 0 Å². The van der Waals surface area contributed by atoms with E-state index in [2.05, 4.69) is 19.7 Å². The molecule has 0 aromatic heterocycles. The summed E-state index contributed by atoms with van der Waals surface area (Å²) in [6.45, 7) is 17.1. The molecule has 0 saturated heterocycles. The summed E-state index contributed by atoms with van der Waals surface area (Å²) in [4.78, 5) is 0. The lowest BCUT2D eigenvalue weighted by Gasteiger charge is -2.28. The first-order valence-electron chi connectivity index (χ1n) is 8.46. The molecule has 0 saturated carbocycles. The molecule has 0 radical (unpaired) electrons. The second kappa shape index (κ2) is 12.7. The van der Waals surface area contributed by atoms with E-state index in [1.54, 1.807) is 18.2 Å². The average Bonchev–Trinajstić information content (AvgIpc) is 2.53. The smallest absolute Gasteiger partial charge is 0.283 e. The molecule has 3 unspecified atom stereocenters. The van der Waals surface area contributed by atoms with Gasteiger partial charge in [-0.3, -0.25) is 13.6 Å². The molecule has 0 aromatic rings. The number of phosphoric ester groups is 1. The highest BCUT2D eigenvalue weighted by Gasteiger charge is 2.35. The van der Waals surface area contributed by atoms with Crippen molar-refractivity contribution in [3.05, 3.63) is 38.0 Å². The molecular formula is C18H33O4P. The van der Waals surface area contributed by atoms with Gasteiger partial charge in [0.05, 0.1) is 18.3 Å². The van der Waals surface area contributed by atoms with Crippen LogP contribution in [-0.2, 0) is 18.1 Å². The molecule has 0 bridgehead atoms. The third-order valence-electron chi connectivity index (χ3n) is 3.49. The first kappa shape index (κ1) is 22.3. The third kappa shape index (κ3) is 9.26. The second-order valence-corrected chi connectivity index (χ2v) is 6.95. The highest BCUT2D eigenvalue weighted by atomic mass is 31.2. The van der Waals surface area contributed by atoms with Crippen LogP contribution in [0, 0.1) is 0 Å². The number of rotatable bonds is 15. The summed E-state index contributed by atoms with van der Waals surface area (Å²) in [5.41, 5.74) is 0. The molecular weight excluding hydrogens is 311 g/mol. The van der Waals surface area contributed by atoms with E-state index in [0.29, 0.717) is 38.5 Å². The Morgan fingerprint density at radius 1 is 0.739 bits per heavy atom. The first-order chi connectivity index (χ1) is 11.0. The normalized spacial score (nSPS) is 17.7. The summed E-state index contributed by atoms with van der Waals surface area (Å²) in [6, 6.07) is 0. The summed E-state index contributed by atoms with van der Waals surface area (Å²) >= 11 is 0. The van der Waals surface area contributed by atoms with Crippen LogP contribution in [0.15, 0.2) is 38.0 Å². The SMILES string of the molecule is C=CCC(CC)OP(=O)(OC(CC)CC=C)OC(CC)CC=C. The largest absolute Gasteiger partial charge is 0.475 e. The lowest BCUT2D eigenvalue weighted by atomic mass is 10.2. The Kier molecular flexibility index (Phi) is 12.3. The van der Waals surface area contributed by atoms with E-state index in [0.717, 1.165) is 0 Å². The molecule has 4 nitrogen and oxygen atoms in total. The number of hydrogen-bond acceptors (Lipinski definition) is 4. The van der Waals surface area contributed by atoms with Gasteiger partial charge < -0.3 is 0 Å². The van der Waals surface area contributed by atoms with Crippen molar-refractivity contribution in [2.75, 3.05) is 0 Å². The van der Waals surface area contributed by atoms with Gasteiger partial charge in [-0.2, -0.15) is 0 Å². The van der Waals surface area contributed by atoms with E-state index in [4.69, 9.17) is 13.6 Å². The Morgan fingerprint density at radius 3 is 1.17 bits per heavy atom. The topological polar surface area (TPSA) is 44.8 Å². The summed E-state index contributed by atoms with van der Waals surface area (Å²) in [5, 5.41) is 0. The zero-order chi connectivity index (χ0) is 17.7. The molecule has 5 heteroatoms. The number of hydrogen-bond donors (Lipinski definition) is 0. The molecule has 0 aromatic carbocycles. The van der Waals surface area contributed by atoms with Crippen molar-refractivity contribution in [1.29, 1.82) is 0 Å². The van der Waals surface area contributed by atoms with E-state index in [9.17, 15) is 4.57 Å². The Balaban J connectivity index is 5.20. The monoisotopic (exact) mass is 344 g/mol. The van der Waals surface area contributed by atoms with Crippen LogP contribution in [0.5, 0.6) is 0 Å². The van der Waals surface area contributed by atoms with E-state index in [-0.39, 0.29) is 18.3 Å². The molecule has 0 rings (SSSR count). The maximum Gasteiger partial charge on any atom is 0.475 e. The van der Waals surface area contributed by atoms with E-state index < -0.39 is 7.82 Å². The summed E-state index contributed by atoms with van der Waals surface area (Å²) in [6.07, 6.45) is 8.47. The minimum atomic E-state index is -3.67. The predicted molar refractivity (Wildman–Crippen MR) is 97.5 cm³/mol. The molecule has 0 N–H and O–H groups in total. The predicted octanol–water partition coefficient (Wildman–Crippen LogP) is 6.21. The van der Waals surface area contributed by atoms with Gasteiger partial charge in [-0.15, -0.1) is 19.7 Å². The summed E-state index contributed by atoms with van der Waals surface area (Å²) in [5.74, 6) is 0. The van der Waals surface area contributed by atoms with Crippen LogP contribution >= 0.6 is 7.82 Å². The van der Waals surface area contributed by atoms with Crippen LogP contribution in [0.25, 0.3) is 0 Å². The van der Waals surface area contributed by atoms with Crippen molar-refractivity contribution >= 4 is 7.82 Å². The first-order valence-corrected chi connectivity index (χ1v) is 9.92. The summed E-state index contributed by atoms with van der Waals surface area (Å²) < 4.78 is 30.4. The zero-order valence-corrected chi connectivity index (χ0v) is 15.8. The van der Waals surface area contributed by atoms with Crippen molar-refractivity contribution in [1.82, 2.24) is 0 Å². The highest BCUT2D eigenvalue weighted by Crippen LogP contribution is 2.54. The molecule has 0 heterocycles. The Labute approximate surface area is 142 Å². The lowest BCUT2D eigenvalue weighted by Crippen LogP contribution is -2.20. The van der Waals surface area contributed by atoms with Gasteiger partial charge in [-0.05, 0) is 38.5 Å². The molecule has 3 atom stereocenters. The quantitative estimate of drug-likeness (QED) is 0.262. The fourth-order valence-electron chi connectivity index (χ4n) is 2.03.